The van der Waals surface area contributed by atoms with Crippen molar-refractivity contribution in [3.63, 3.8) is 0 Å². The second-order valence-corrected chi connectivity index (χ2v) is 9.69. The summed E-state index contributed by atoms with van der Waals surface area (Å²) in [4.78, 5) is 19.2. The largest absolute Gasteiger partial charge is 0.352 e. The van der Waals surface area contributed by atoms with Crippen molar-refractivity contribution < 1.29 is 4.79 Å². The molecule has 5 nitrogen and oxygen atoms in total. The Morgan fingerprint density at radius 2 is 1.81 bits per heavy atom. The van der Waals surface area contributed by atoms with Crippen LogP contribution in [0, 0.1) is 0 Å². The predicted octanol–water partition coefficient (Wildman–Crippen LogP) is 6.91. The number of pyridine rings is 1. The molecule has 0 unspecified atom stereocenters. The van der Waals surface area contributed by atoms with Crippen LogP contribution in [0.4, 0.5) is 0 Å². The van der Waals surface area contributed by atoms with E-state index in [1.165, 1.54) is 0 Å². The number of hydrogen-bond donors (Lipinski definition) is 2. The minimum atomic E-state index is -0.0865. The number of nitrogens with one attached hydrogen (secondary N) is 2. The van der Waals surface area contributed by atoms with Gasteiger partial charge in [0.2, 0.25) is 0 Å². The number of amides is 1. The standard InChI is InChI=1S/C29H23ClN4OS/c30-21-10-8-20(9-11-21)16-18-32-29(35)25-6-1-2-7-28(25)36-23-13-14-24-26(33-34-27(24)19-23)15-12-22-5-3-4-17-31-22/h1-15,17,19H,16,18H2,(H,32,35)(H,33,34)/b15-12+. The van der Waals surface area contributed by atoms with Crippen LogP contribution in [0.2, 0.25) is 5.02 Å². The molecular formula is C29H23ClN4OS. The van der Waals surface area contributed by atoms with Gasteiger partial charge in [-0.25, -0.2) is 0 Å². The van der Waals surface area contributed by atoms with E-state index >= 15 is 0 Å². The normalized spacial score (nSPS) is 11.2. The van der Waals surface area contributed by atoms with Crippen molar-refractivity contribution in [1.29, 1.82) is 0 Å². The number of carbonyl (C=O) groups excluding carboxylic acids is 1. The fourth-order valence-electron chi connectivity index (χ4n) is 3.79. The molecule has 0 aliphatic rings. The molecule has 0 atom stereocenters. The van der Waals surface area contributed by atoms with E-state index in [1.54, 1.807) is 18.0 Å². The second-order valence-electron chi connectivity index (χ2n) is 8.13. The number of halogens is 1. The Labute approximate surface area is 218 Å². The number of nitrogens with zero attached hydrogens (tertiary/aromatic N) is 2. The van der Waals surface area contributed by atoms with Gasteiger partial charge in [0.15, 0.2) is 0 Å². The van der Waals surface area contributed by atoms with Crippen molar-refractivity contribution in [2.24, 2.45) is 0 Å². The average molecular weight is 511 g/mol. The predicted molar refractivity (Wildman–Crippen MR) is 147 cm³/mol. The van der Waals surface area contributed by atoms with Crippen LogP contribution >= 0.6 is 23.4 Å². The molecule has 0 spiro atoms. The van der Waals surface area contributed by atoms with Crippen LogP contribution in [-0.2, 0) is 6.42 Å². The minimum absolute atomic E-state index is 0.0865. The summed E-state index contributed by atoms with van der Waals surface area (Å²) in [6.45, 7) is 0.550. The average Bonchev–Trinajstić information content (AvgIpc) is 3.31. The van der Waals surface area contributed by atoms with Crippen LogP contribution in [0.1, 0.15) is 27.3 Å². The van der Waals surface area contributed by atoms with E-state index in [2.05, 4.69) is 32.6 Å². The molecule has 0 aliphatic carbocycles. The fraction of sp³-hybridized carbons (Fsp3) is 0.0690. The van der Waals surface area contributed by atoms with Gasteiger partial charge in [0, 0.05) is 32.9 Å². The lowest BCUT2D eigenvalue weighted by molar-refractivity contribution is 0.0951. The molecule has 2 heterocycles. The summed E-state index contributed by atoms with van der Waals surface area (Å²) in [7, 11) is 0. The maximum atomic E-state index is 12.9. The molecule has 2 aromatic heterocycles. The third-order valence-corrected chi connectivity index (χ3v) is 6.95. The van der Waals surface area contributed by atoms with Crippen LogP contribution in [0.5, 0.6) is 0 Å². The molecule has 0 saturated heterocycles. The van der Waals surface area contributed by atoms with E-state index in [9.17, 15) is 4.79 Å². The summed E-state index contributed by atoms with van der Waals surface area (Å²) in [5.74, 6) is -0.0865. The van der Waals surface area contributed by atoms with Crippen LogP contribution < -0.4 is 5.32 Å². The first-order valence-corrected chi connectivity index (χ1v) is 12.7. The number of aromatic nitrogens is 3. The molecule has 0 aliphatic heterocycles. The van der Waals surface area contributed by atoms with Crippen LogP contribution in [0.3, 0.4) is 0 Å². The molecule has 0 fully saturated rings. The van der Waals surface area contributed by atoms with E-state index in [-0.39, 0.29) is 5.91 Å². The molecule has 7 heteroatoms. The molecule has 3 aromatic carbocycles. The van der Waals surface area contributed by atoms with Crippen molar-refractivity contribution in [1.82, 2.24) is 20.5 Å². The lowest BCUT2D eigenvalue weighted by atomic mass is 10.1. The van der Waals surface area contributed by atoms with Gasteiger partial charge >= 0.3 is 0 Å². The Kier molecular flexibility index (Phi) is 7.45. The van der Waals surface area contributed by atoms with Gasteiger partial charge in [0.1, 0.15) is 0 Å². The second kappa shape index (κ2) is 11.2. The maximum Gasteiger partial charge on any atom is 0.252 e. The quantitative estimate of drug-likeness (QED) is 0.238. The summed E-state index contributed by atoms with van der Waals surface area (Å²) in [5.41, 5.74) is 4.45. The zero-order valence-corrected chi connectivity index (χ0v) is 20.9. The fourth-order valence-corrected chi connectivity index (χ4v) is 4.90. The minimum Gasteiger partial charge on any atom is -0.352 e. The molecule has 1 amide bonds. The van der Waals surface area contributed by atoms with Gasteiger partial charge in [-0.3, -0.25) is 14.9 Å². The molecule has 178 valence electrons. The van der Waals surface area contributed by atoms with Crippen LogP contribution in [0.15, 0.2) is 101 Å². The maximum absolute atomic E-state index is 12.9. The van der Waals surface area contributed by atoms with Gasteiger partial charge < -0.3 is 5.32 Å². The van der Waals surface area contributed by atoms with Crippen LogP contribution in [0.25, 0.3) is 23.1 Å². The molecule has 0 saturated carbocycles. The van der Waals surface area contributed by atoms with E-state index in [4.69, 9.17) is 11.6 Å². The Hall–Kier alpha value is -3.87. The number of H-pyrrole nitrogens is 1. The Morgan fingerprint density at radius 3 is 2.64 bits per heavy atom. The molecular weight excluding hydrogens is 488 g/mol. The van der Waals surface area contributed by atoms with Gasteiger partial charge in [-0.15, -0.1) is 0 Å². The Morgan fingerprint density at radius 1 is 0.972 bits per heavy atom. The number of aromatic amines is 1. The van der Waals surface area contributed by atoms with Crippen molar-refractivity contribution in [2.75, 3.05) is 6.54 Å². The summed E-state index contributed by atoms with van der Waals surface area (Å²) in [6.07, 6.45) is 6.41. The highest BCUT2D eigenvalue weighted by atomic mass is 35.5. The summed E-state index contributed by atoms with van der Waals surface area (Å²) >= 11 is 7.50. The van der Waals surface area contributed by atoms with Crippen molar-refractivity contribution >= 4 is 52.3 Å². The van der Waals surface area contributed by atoms with Crippen molar-refractivity contribution in [3.05, 3.63) is 119 Å². The molecule has 0 radical (unpaired) electrons. The number of rotatable bonds is 8. The molecule has 0 bridgehead atoms. The SMILES string of the molecule is O=C(NCCc1ccc(Cl)cc1)c1ccccc1Sc1ccc2c(/C=C/c3ccccn3)n[nH]c2c1. The highest BCUT2D eigenvalue weighted by Crippen LogP contribution is 2.33. The first kappa shape index (κ1) is 23.9. The number of hydrogen-bond acceptors (Lipinski definition) is 4. The topological polar surface area (TPSA) is 70.7 Å². The van der Waals surface area contributed by atoms with Crippen LogP contribution in [-0.4, -0.2) is 27.6 Å². The smallest absolute Gasteiger partial charge is 0.252 e. The van der Waals surface area contributed by atoms with Gasteiger partial charge in [-0.05, 0) is 78.7 Å². The van der Waals surface area contributed by atoms with E-state index in [0.717, 1.165) is 44.1 Å². The molecule has 2 N–H and O–H groups in total. The third-order valence-electron chi connectivity index (χ3n) is 5.64. The van der Waals surface area contributed by atoms with Crippen molar-refractivity contribution in [3.8, 4) is 0 Å². The monoisotopic (exact) mass is 510 g/mol. The lowest BCUT2D eigenvalue weighted by Gasteiger charge is -2.10. The van der Waals surface area contributed by atoms with E-state index in [1.807, 2.05) is 84.9 Å². The zero-order valence-electron chi connectivity index (χ0n) is 19.3. The van der Waals surface area contributed by atoms with Crippen molar-refractivity contribution in [2.45, 2.75) is 16.2 Å². The van der Waals surface area contributed by atoms with E-state index in [0.29, 0.717) is 17.1 Å². The highest BCUT2D eigenvalue weighted by Gasteiger charge is 2.13. The zero-order chi connectivity index (χ0) is 24.7. The number of benzene rings is 3. The van der Waals surface area contributed by atoms with Gasteiger partial charge in [-0.2, -0.15) is 5.10 Å². The first-order valence-electron chi connectivity index (χ1n) is 11.5. The summed E-state index contributed by atoms with van der Waals surface area (Å²) < 4.78 is 0. The summed E-state index contributed by atoms with van der Waals surface area (Å²) in [6, 6.07) is 27.3. The lowest BCUT2D eigenvalue weighted by Crippen LogP contribution is -2.26. The Bertz CT molecular complexity index is 1510. The molecule has 5 rings (SSSR count). The molecule has 5 aromatic rings. The molecule has 36 heavy (non-hydrogen) atoms. The van der Waals surface area contributed by atoms with Gasteiger partial charge in [0.25, 0.3) is 5.91 Å². The Balaban J connectivity index is 1.27. The highest BCUT2D eigenvalue weighted by molar-refractivity contribution is 7.99. The van der Waals surface area contributed by atoms with Gasteiger partial charge in [0.05, 0.1) is 22.5 Å². The third kappa shape index (κ3) is 5.85. The number of carbonyl (C=O) groups is 1. The first-order chi connectivity index (χ1) is 17.7. The number of fused-ring (bicyclic) bond motifs is 1. The van der Waals surface area contributed by atoms with Gasteiger partial charge in [-0.1, -0.05) is 53.7 Å². The summed E-state index contributed by atoms with van der Waals surface area (Å²) in [5, 5.41) is 12.3. The van der Waals surface area contributed by atoms with E-state index < -0.39 is 0 Å².